The van der Waals surface area contributed by atoms with Crippen LogP contribution >= 0.6 is 12.2 Å². The van der Waals surface area contributed by atoms with Gasteiger partial charge < -0.3 is 9.55 Å². The van der Waals surface area contributed by atoms with E-state index in [1.54, 1.807) is 19.3 Å². The minimum Gasteiger partial charge on any atom is -0.337 e. The van der Waals surface area contributed by atoms with E-state index in [0.717, 1.165) is 0 Å². The van der Waals surface area contributed by atoms with Gasteiger partial charge in [0.15, 0.2) is 14.6 Å². The SMILES string of the molecule is CCS(=O)(=O)Cn1cc[nH]c1=S. The van der Waals surface area contributed by atoms with E-state index in [-0.39, 0.29) is 11.6 Å². The first-order valence-electron chi connectivity index (χ1n) is 3.49. The molecule has 0 aliphatic carbocycles. The lowest BCUT2D eigenvalue weighted by Gasteiger charge is -2.00. The van der Waals surface area contributed by atoms with Gasteiger partial charge in [-0.1, -0.05) is 6.92 Å². The van der Waals surface area contributed by atoms with Crippen molar-refractivity contribution in [3.05, 3.63) is 17.2 Å². The maximum atomic E-state index is 11.1. The van der Waals surface area contributed by atoms with E-state index >= 15 is 0 Å². The number of H-pyrrole nitrogens is 1. The van der Waals surface area contributed by atoms with Gasteiger partial charge in [0.05, 0.1) is 0 Å². The Balaban J connectivity index is 2.92. The number of nitrogens with one attached hydrogen (secondary N) is 1. The minimum absolute atomic E-state index is 0.0359. The lowest BCUT2D eigenvalue weighted by Crippen LogP contribution is -2.12. The smallest absolute Gasteiger partial charge is 0.178 e. The predicted molar refractivity (Wildman–Crippen MR) is 49.1 cm³/mol. The van der Waals surface area contributed by atoms with Crippen molar-refractivity contribution in [2.75, 3.05) is 5.75 Å². The largest absolute Gasteiger partial charge is 0.337 e. The molecule has 0 saturated heterocycles. The summed E-state index contributed by atoms with van der Waals surface area (Å²) in [6.07, 6.45) is 3.24. The molecule has 0 spiro atoms. The molecule has 0 amide bonds. The van der Waals surface area contributed by atoms with Crippen LogP contribution in [0.1, 0.15) is 6.92 Å². The Kier molecular flexibility index (Phi) is 2.69. The van der Waals surface area contributed by atoms with E-state index in [2.05, 4.69) is 4.98 Å². The summed E-state index contributed by atoms with van der Waals surface area (Å²) < 4.78 is 24.2. The molecule has 0 fully saturated rings. The highest BCUT2D eigenvalue weighted by Gasteiger charge is 2.07. The molecule has 6 heteroatoms. The number of rotatable bonds is 3. The molecule has 68 valence electrons. The van der Waals surface area contributed by atoms with Crippen LogP contribution in [0.2, 0.25) is 0 Å². The molecule has 1 aromatic heterocycles. The molecule has 0 aliphatic rings. The normalized spacial score (nSPS) is 11.8. The lowest BCUT2D eigenvalue weighted by molar-refractivity contribution is 0.584. The Labute approximate surface area is 76.1 Å². The first-order chi connectivity index (χ1) is 5.55. The molecule has 0 aliphatic heterocycles. The van der Waals surface area contributed by atoms with Crippen LogP contribution in [0.3, 0.4) is 0 Å². The zero-order valence-electron chi connectivity index (χ0n) is 6.65. The Morgan fingerprint density at radius 2 is 2.33 bits per heavy atom. The molecule has 1 aromatic rings. The highest BCUT2D eigenvalue weighted by atomic mass is 32.2. The third-order valence-corrected chi connectivity index (χ3v) is 3.40. The highest BCUT2D eigenvalue weighted by molar-refractivity contribution is 7.90. The second-order valence-electron chi connectivity index (χ2n) is 2.40. The van der Waals surface area contributed by atoms with Crippen LogP contribution in [0, 0.1) is 4.77 Å². The molecule has 0 radical (unpaired) electrons. The van der Waals surface area contributed by atoms with Crippen LogP contribution in [0.5, 0.6) is 0 Å². The first kappa shape index (κ1) is 9.47. The van der Waals surface area contributed by atoms with Gasteiger partial charge in [-0.2, -0.15) is 0 Å². The van der Waals surface area contributed by atoms with Gasteiger partial charge in [-0.05, 0) is 12.2 Å². The van der Waals surface area contributed by atoms with Gasteiger partial charge in [0.25, 0.3) is 0 Å². The molecule has 0 bridgehead atoms. The topological polar surface area (TPSA) is 54.9 Å². The van der Waals surface area contributed by atoms with E-state index in [1.807, 2.05) is 0 Å². The summed E-state index contributed by atoms with van der Waals surface area (Å²) in [7, 11) is -2.99. The fourth-order valence-corrected chi connectivity index (χ4v) is 1.85. The summed E-state index contributed by atoms with van der Waals surface area (Å²) in [5.74, 6) is 0.103. The van der Waals surface area contributed by atoms with Crippen molar-refractivity contribution in [1.82, 2.24) is 9.55 Å². The van der Waals surface area contributed by atoms with Gasteiger partial charge in [-0.15, -0.1) is 0 Å². The van der Waals surface area contributed by atoms with Crippen LogP contribution in [0.4, 0.5) is 0 Å². The fourth-order valence-electron chi connectivity index (χ4n) is 0.754. The molecule has 1 heterocycles. The summed E-state index contributed by atoms with van der Waals surface area (Å²) in [5, 5.41) is 0. The molecule has 1 rings (SSSR count). The molecule has 12 heavy (non-hydrogen) atoms. The van der Waals surface area contributed by atoms with Gasteiger partial charge in [0, 0.05) is 18.1 Å². The second kappa shape index (κ2) is 3.40. The second-order valence-corrected chi connectivity index (χ2v) is 5.11. The number of nitrogens with zero attached hydrogens (tertiary/aromatic N) is 1. The average Bonchev–Trinajstić information content (AvgIpc) is 2.36. The Morgan fingerprint density at radius 3 is 2.75 bits per heavy atom. The van der Waals surface area contributed by atoms with Gasteiger partial charge in [0.2, 0.25) is 0 Å². The number of imidazole rings is 1. The third kappa shape index (κ3) is 2.18. The molecule has 0 saturated carbocycles. The monoisotopic (exact) mass is 206 g/mol. The van der Waals surface area contributed by atoms with Crippen LogP contribution in [-0.4, -0.2) is 23.7 Å². The van der Waals surface area contributed by atoms with Crippen LogP contribution in [0.25, 0.3) is 0 Å². The number of aromatic nitrogens is 2. The molecule has 4 nitrogen and oxygen atoms in total. The molecule has 0 atom stereocenters. The van der Waals surface area contributed by atoms with Crippen molar-refractivity contribution in [2.45, 2.75) is 12.8 Å². The average molecular weight is 206 g/mol. The zero-order chi connectivity index (χ0) is 9.19. The predicted octanol–water partition coefficient (Wildman–Crippen LogP) is 0.938. The van der Waals surface area contributed by atoms with Gasteiger partial charge in [-0.3, -0.25) is 0 Å². The fraction of sp³-hybridized carbons (Fsp3) is 0.500. The number of hydrogen-bond donors (Lipinski definition) is 1. The van der Waals surface area contributed by atoms with E-state index in [0.29, 0.717) is 4.77 Å². The van der Waals surface area contributed by atoms with E-state index in [4.69, 9.17) is 12.2 Å². The van der Waals surface area contributed by atoms with Gasteiger partial charge in [-0.25, -0.2) is 8.42 Å². The van der Waals surface area contributed by atoms with Crippen molar-refractivity contribution in [3.8, 4) is 0 Å². The number of aromatic amines is 1. The van der Waals surface area contributed by atoms with E-state index < -0.39 is 9.84 Å². The quantitative estimate of drug-likeness (QED) is 0.749. The van der Waals surface area contributed by atoms with Crippen molar-refractivity contribution >= 4 is 22.1 Å². The maximum Gasteiger partial charge on any atom is 0.178 e. The number of sulfone groups is 1. The van der Waals surface area contributed by atoms with Crippen molar-refractivity contribution in [1.29, 1.82) is 0 Å². The minimum atomic E-state index is -2.99. The summed E-state index contributed by atoms with van der Waals surface area (Å²) in [4.78, 5) is 2.73. The van der Waals surface area contributed by atoms with Crippen LogP contribution in [-0.2, 0) is 15.7 Å². The third-order valence-electron chi connectivity index (χ3n) is 1.50. The van der Waals surface area contributed by atoms with Crippen molar-refractivity contribution in [2.24, 2.45) is 0 Å². The molecule has 1 N–H and O–H groups in total. The zero-order valence-corrected chi connectivity index (χ0v) is 8.28. The first-order valence-corrected chi connectivity index (χ1v) is 5.72. The lowest BCUT2D eigenvalue weighted by atomic mass is 10.9. The Bertz CT molecular complexity index is 401. The van der Waals surface area contributed by atoms with Gasteiger partial charge in [0.1, 0.15) is 5.88 Å². The highest BCUT2D eigenvalue weighted by Crippen LogP contribution is 1.97. The maximum absolute atomic E-state index is 11.1. The Hall–Kier alpha value is -0.620. The van der Waals surface area contributed by atoms with Crippen molar-refractivity contribution < 1.29 is 8.42 Å². The van der Waals surface area contributed by atoms with Crippen LogP contribution < -0.4 is 0 Å². The number of hydrogen-bond acceptors (Lipinski definition) is 3. The van der Waals surface area contributed by atoms with Gasteiger partial charge >= 0.3 is 0 Å². The summed E-state index contributed by atoms with van der Waals surface area (Å²) in [6.45, 7) is 1.62. The molecule has 0 aromatic carbocycles. The standard InChI is InChI=1S/C6H10N2O2S2/c1-2-12(9,10)5-8-4-3-7-6(8)11/h3-4H,2,5H2,1H3,(H,7,11). The summed E-state index contributed by atoms with van der Waals surface area (Å²) >= 11 is 4.84. The summed E-state index contributed by atoms with van der Waals surface area (Å²) in [5.41, 5.74) is 0. The Morgan fingerprint density at radius 1 is 1.67 bits per heavy atom. The molecular formula is C6H10N2O2S2. The van der Waals surface area contributed by atoms with Crippen molar-refractivity contribution in [3.63, 3.8) is 0 Å². The molecule has 0 unspecified atom stereocenters. The van der Waals surface area contributed by atoms with E-state index in [9.17, 15) is 8.42 Å². The molecular weight excluding hydrogens is 196 g/mol. The van der Waals surface area contributed by atoms with E-state index in [1.165, 1.54) is 4.57 Å². The van der Waals surface area contributed by atoms with Crippen LogP contribution in [0.15, 0.2) is 12.4 Å². The summed E-state index contributed by atoms with van der Waals surface area (Å²) in [6, 6.07) is 0.